The maximum absolute atomic E-state index is 6.43. The van der Waals surface area contributed by atoms with Crippen LogP contribution in [0, 0.1) is 0 Å². The minimum absolute atomic E-state index is 0.165. The summed E-state index contributed by atoms with van der Waals surface area (Å²) in [6, 6.07) is 25.8. The summed E-state index contributed by atoms with van der Waals surface area (Å²) >= 11 is 11.9. The van der Waals surface area contributed by atoms with Crippen molar-refractivity contribution in [1.82, 2.24) is 10.3 Å². The van der Waals surface area contributed by atoms with Crippen LogP contribution in [0.4, 0.5) is 11.4 Å². The molecular weight excluding hydrogens is 492 g/mol. The number of pyridine rings is 1. The van der Waals surface area contributed by atoms with E-state index < -0.39 is 0 Å². The zero-order valence-corrected chi connectivity index (χ0v) is 21.1. The van der Waals surface area contributed by atoms with E-state index in [-0.39, 0.29) is 12.1 Å². The topological polar surface area (TPSA) is 53.8 Å². The lowest BCUT2D eigenvalue weighted by molar-refractivity contribution is 0.122. The molecule has 36 heavy (non-hydrogen) atoms. The molecule has 2 aliphatic rings. The molecule has 0 radical (unpaired) electrons. The predicted molar refractivity (Wildman–Crippen MR) is 147 cm³/mol. The van der Waals surface area contributed by atoms with Gasteiger partial charge < -0.3 is 24.3 Å². The molecule has 2 fully saturated rings. The summed E-state index contributed by atoms with van der Waals surface area (Å²) in [4.78, 5) is 9.09. The van der Waals surface area contributed by atoms with Crippen molar-refractivity contribution >= 4 is 40.3 Å². The van der Waals surface area contributed by atoms with Crippen molar-refractivity contribution in [2.24, 2.45) is 0 Å². The van der Waals surface area contributed by atoms with Gasteiger partial charge in [0, 0.05) is 41.2 Å². The first-order valence-electron chi connectivity index (χ1n) is 12.0. The molecule has 182 valence electrons. The lowest BCUT2D eigenvalue weighted by atomic mass is 10.0. The fraction of sp³-hybridized carbons (Fsp3) is 0.214. The van der Waals surface area contributed by atoms with Crippen LogP contribution in [-0.4, -0.2) is 36.4 Å². The SMILES string of the molecule is S=C1N[C@H](c2ccccn2)[C@H](c2ccc(-c3ccc(Cl)cc3)o2)N1c1ccc(N2CCOCC2)cc1. The van der Waals surface area contributed by atoms with Gasteiger partial charge in [0.25, 0.3) is 0 Å². The van der Waals surface area contributed by atoms with Gasteiger partial charge in [0.2, 0.25) is 0 Å². The minimum Gasteiger partial charge on any atom is -0.459 e. The number of furan rings is 1. The molecule has 0 unspecified atom stereocenters. The van der Waals surface area contributed by atoms with Crippen molar-refractivity contribution in [2.75, 3.05) is 36.1 Å². The van der Waals surface area contributed by atoms with E-state index in [0.717, 1.165) is 54.8 Å². The van der Waals surface area contributed by atoms with E-state index in [2.05, 4.69) is 44.4 Å². The van der Waals surface area contributed by atoms with Crippen LogP contribution in [-0.2, 0) is 4.74 Å². The van der Waals surface area contributed by atoms with E-state index in [1.54, 1.807) is 6.20 Å². The van der Waals surface area contributed by atoms with E-state index >= 15 is 0 Å². The average Bonchev–Trinajstić information content (AvgIpc) is 3.55. The predicted octanol–water partition coefficient (Wildman–Crippen LogP) is 6.01. The summed E-state index contributed by atoms with van der Waals surface area (Å²) in [5.74, 6) is 1.59. The lowest BCUT2D eigenvalue weighted by Crippen LogP contribution is -2.36. The van der Waals surface area contributed by atoms with Crippen molar-refractivity contribution in [3.05, 3.63) is 102 Å². The molecule has 6 rings (SSSR count). The van der Waals surface area contributed by atoms with E-state index in [9.17, 15) is 0 Å². The van der Waals surface area contributed by atoms with Crippen molar-refractivity contribution in [1.29, 1.82) is 0 Å². The molecule has 0 spiro atoms. The monoisotopic (exact) mass is 516 g/mol. The summed E-state index contributed by atoms with van der Waals surface area (Å²) in [6.07, 6.45) is 1.80. The Hall–Kier alpha value is -3.39. The second kappa shape index (κ2) is 9.93. The van der Waals surface area contributed by atoms with Gasteiger partial charge in [-0.05, 0) is 85.0 Å². The minimum atomic E-state index is -0.206. The van der Waals surface area contributed by atoms with Crippen molar-refractivity contribution < 1.29 is 9.15 Å². The van der Waals surface area contributed by atoms with Gasteiger partial charge in [-0.15, -0.1) is 0 Å². The van der Waals surface area contributed by atoms with Crippen LogP contribution in [0.2, 0.25) is 5.02 Å². The molecule has 0 amide bonds. The van der Waals surface area contributed by atoms with Crippen LogP contribution in [0.1, 0.15) is 23.5 Å². The van der Waals surface area contributed by atoms with Crippen molar-refractivity contribution in [3.63, 3.8) is 0 Å². The third-order valence-electron chi connectivity index (χ3n) is 6.65. The number of nitrogens with one attached hydrogen (secondary N) is 1. The van der Waals surface area contributed by atoms with Crippen molar-refractivity contribution in [2.45, 2.75) is 12.1 Å². The molecule has 2 aliphatic heterocycles. The largest absolute Gasteiger partial charge is 0.459 e. The second-order valence-corrected chi connectivity index (χ2v) is 9.64. The first-order chi connectivity index (χ1) is 17.7. The molecule has 2 aromatic heterocycles. The van der Waals surface area contributed by atoms with E-state index in [0.29, 0.717) is 10.1 Å². The highest BCUT2D eigenvalue weighted by Crippen LogP contribution is 2.43. The molecule has 8 heteroatoms. The van der Waals surface area contributed by atoms with Gasteiger partial charge in [-0.2, -0.15) is 0 Å². The molecule has 2 aromatic carbocycles. The average molecular weight is 517 g/mol. The zero-order valence-electron chi connectivity index (χ0n) is 19.5. The van der Waals surface area contributed by atoms with Gasteiger partial charge in [-0.3, -0.25) is 4.98 Å². The maximum Gasteiger partial charge on any atom is 0.174 e. The van der Waals surface area contributed by atoms with Crippen LogP contribution in [0.5, 0.6) is 0 Å². The Kier molecular flexibility index (Phi) is 6.35. The number of thiocarbonyl (C=S) groups is 1. The van der Waals surface area contributed by atoms with Crippen LogP contribution in [0.3, 0.4) is 0 Å². The number of hydrogen-bond acceptors (Lipinski definition) is 5. The van der Waals surface area contributed by atoms with Gasteiger partial charge in [0.1, 0.15) is 17.6 Å². The Bertz CT molecular complexity index is 1340. The van der Waals surface area contributed by atoms with E-state index in [1.165, 1.54) is 5.69 Å². The first kappa shape index (κ1) is 23.0. The highest BCUT2D eigenvalue weighted by atomic mass is 35.5. The van der Waals surface area contributed by atoms with Crippen molar-refractivity contribution in [3.8, 4) is 11.3 Å². The molecular formula is C28H25ClN4O2S. The molecule has 4 aromatic rings. The van der Waals surface area contributed by atoms with Gasteiger partial charge >= 0.3 is 0 Å². The second-order valence-electron chi connectivity index (χ2n) is 8.82. The molecule has 6 nitrogen and oxygen atoms in total. The zero-order chi connectivity index (χ0) is 24.5. The van der Waals surface area contributed by atoms with E-state index in [1.807, 2.05) is 54.6 Å². The normalized spacial score (nSPS) is 20.0. The van der Waals surface area contributed by atoms with Crippen LogP contribution in [0.15, 0.2) is 89.5 Å². The summed E-state index contributed by atoms with van der Waals surface area (Å²) in [5, 5.41) is 4.82. The van der Waals surface area contributed by atoms with Gasteiger partial charge in [-0.25, -0.2) is 0 Å². The highest BCUT2D eigenvalue weighted by Gasteiger charge is 2.42. The Morgan fingerprint density at radius 2 is 1.64 bits per heavy atom. The number of aromatic nitrogens is 1. The number of rotatable bonds is 5. The molecule has 0 bridgehead atoms. The smallest absolute Gasteiger partial charge is 0.174 e. The third-order valence-corrected chi connectivity index (χ3v) is 7.22. The number of anilines is 2. The Morgan fingerprint density at radius 3 is 2.36 bits per heavy atom. The summed E-state index contributed by atoms with van der Waals surface area (Å²) in [5.41, 5.74) is 4.05. The third kappa shape index (κ3) is 4.46. The number of nitrogens with zero attached hydrogens (tertiary/aromatic N) is 3. The van der Waals surface area contributed by atoms with Crippen LogP contribution < -0.4 is 15.1 Å². The summed E-state index contributed by atoms with van der Waals surface area (Å²) < 4.78 is 11.9. The number of ether oxygens (including phenoxy) is 1. The Morgan fingerprint density at radius 1 is 0.889 bits per heavy atom. The summed E-state index contributed by atoms with van der Waals surface area (Å²) in [7, 11) is 0. The number of morpholine rings is 1. The molecule has 0 aliphatic carbocycles. The Balaban J connectivity index is 1.37. The summed E-state index contributed by atoms with van der Waals surface area (Å²) in [6.45, 7) is 3.30. The molecule has 0 saturated carbocycles. The number of benzene rings is 2. The van der Waals surface area contributed by atoms with Crippen LogP contribution in [0.25, 0.3) is 11.3 Å². The van der Waals surface area contributed by atoms with Gasteiger partial charge in [0.05, 0.1) is 24.9 Å². The lowest BCUT2D eigenvalue weighted by Gasteiger charge is -2.30. The highest BCUT2D eigenvalue weighted by molar-refractivity contribution is 7.80. The standard InChI is InChI=1S/C28H25ClN4O2S/c29-20-6-4-19(5-7-20)24-12-13-25(35-24)27-26(23-3-1-2-14-30-23)31-28(36)33(27)22-10-8-21(9-11-22)32-15-17-34-18-16-32/h1-14,26-27H,15-18H2,(H,31,36)/t26-,27+/m1/s1. The van der Waals surface area contributed by atoms with Gasteiger partial charge in [-0.1, -0.05) is 17.7 Å². The fourth-order valence-corrected chi connectivity index (χ4v) is 5.32. The van der Waals surface area contributed by atoms with E-state index in [4.69, 9.17) is 33.0 Å². The molecule has 4 heterocycles. The number of halogens is 1. The van der Waals surface area contributed by atoms with Gasteiger partial charge in [0.15, 0.2) is 5.11 Å². The molecule has 2 saturated heterocycles. The fourth-order valence-electron chi connectivity index (χ4n) is 4.85. The Labute approximate surface area is 220 Å². The maximum atomic E-state index is 6.43. The van der Waals surface area contributed by atoms with Crippen LogP contribution >= 0.6 is 23.8 Å². The molecule has 2 atom stereocenters. The quantitative estimate of drug-likeness (QED) is 0.326. The number of hydrogen-bond donors (Lipinski definition) is 1. The molecule has 1 N–H and O–H groups in total. The first-order valence-corrected chi connectivity index (χ1v) is 12.7.